The van der Waals surface area contributed by atoms with Gasteiger partial charge in [-0.3, -0.25) is 9.59 Å². The molecule has 1 saturated carbocycles. The van der Waals surface area contributed by atoms with Crippen LogP contribution in [0.25, 0.3) is 0 Å². The van der Waals surface area contributed by atoms with E-state index in [0.717, 1.165) is 25.7 Å². The molecule has 0 amide bonds. The van der Waals surface area contributed by atoms with Crippen molar-refractivity contribution in [2.45, 2.75) is 46.0 Å². The van der Waals surface area contributed by atoms with Crippen LogP contribution in [-0.4, -0.2) is 18.9 Å². The van der Waals surface area contributed by atoms with Gasteiger partial charge in [0.05, 0.1) is 7.11 Å². The van der Waals surface area contributed by atoms with E-state index in [-0.39, 0.29) is 11.9 Å². The molecule has 1 unspecified atom stereocenters. The van der Waals surface area contributed by atoms with Gasteiger partial charge in [0, 0.05) is 19.3 Å². The van der Waals surface area contributed by atoms with Crippen LogP contribution in [0, 0.1) is 5.92 Å². The molecule has 1 aliphatic rings. The van der Waals surface area contributed by atoms with Crippen LogP contribution < -0.4 is 0 Å². The maximum Gasteiger partial charge on any atom is 0.302 e. The number of Topliss-reactive ketones (excluding diaryl/α,β-unsaturated/α-hetero) is 1. The van der Waals surface area contributed by atoms with Crippen molar-refractivity contribution in [2.24, 2.45) is 5.92 Å². The van der Waals surface area contributed by atoms with E-state index in [1.165, 1.54) is 20.5 Å². The lowest BCUT2D eigenvalue weighted by Gasteiger charge is -1.97. The Labute approximate surface area is 97.9 Å². The van der Waals surface area contributed by atoms with Crippen molar-refractivity contribution in [3.63, 3.8) is 0 Å². The van der Waals surface area contributed by atoms with E-state index in [9.17, 15) is 9.59 Å². The summed E-state index contributed by atoms with van der Waals surface area (Å²) < 4.78 is 4.11. The van der Waals surface area contributed by atoms with Crippen LogP contribution in [0.3, 0.4) is 0 Å². The molecule has 1 atom stereocenters. The lowest BCUT2D eigenvalue weighted by atomic mass is 10.1. The minimum Gasteiger partial charge on any atom is -0.469 e. The molecule has 0 aromatic heterocycles. The molecule has 0 spiro atoms. The monoisotopic (exact) mass is 226 g/mol. The first-order chi connectivity index (χ1) is 7.61. The van der Waals surface area contributed by atoms with Crippen LogP contribution in [0.4, 0.5) is 0 Å². The van der Waals surface area contributed by atoms with Gasteiger partial charge in [0.15, 0.2) is 0 Å². The molecule has 0 aromatic carbocycles. The van der Waals surface area contributed by atoms with Gasteiger partial charge in [0.1, 0.15) is 5.78 Å². The number of ether oxygens (including phenoxy) is 1. The summed E-state index contributed by atoms with van der Waals surface area (Å²) >= 11 is 0. The average Bonchev–Trinajstić information content (AvgIpc) is 2.66. The summed E-state index contributed by atoms with van der Waals surface area (Å²) in [4.78, 5) is 20.7. The van der Waals surface area contributed by atoms with Crippen molar-refractivity contribution >= 4 is 11.8 Å². The van der Waals surface area contributed by atoms with Crippen molar-refractivity contribution in [3.8, 4) is 0 Å². The van der Waals surface area contributed by atoms with Crippen molar-refractivity contribution in [2.75, 3.05) is 7.11 Å². The van der Waals surface area contributed by atoms with Crippen LogP contribution in [0.5, 0.6) is 0 Å². The Bertz CT molecular complexity index is 244. The topological polar surface area (TPSA) is 43.4 Å². The summed E-state index contributed by atoms with van der Waals surface area (Å²) in [6.07, 6.45) is 9.52. The fourth-order valence-corrected chi connectivity index (χ4v) is 1.47. The summed E-state index contributed by atoms with van der Waals surface area (Å²) in [7, 11) is 1.35. The Balaban J connectivity index is 0.000000385. The highest BCUT2D eigenvalue weighted by molar-refractivity contribution is 5.84. The molecular weight excluding hydrogens is 204 g/mol. The number of carbonyl (C=O) groups excluding carboxylic acids is 2. The van der Waals surface area contributed by atoms with Crippen molar-refractivity contribution < 1.29 is 14.3 Å². The summed E-state index contributed by atoms with van der Waals surface area (Å²) in [6.45, 7) is 3.51. The standard InChI is InChI=1S/C10H16O.C3H6O2/c1-2-3-4-6-9-7-5-8-10(9)11;1-3(4)5-2/h4,6,9H,2-3,5,7-8H2,1H3;1-2H3. The molecule has 0 heterocycles. The highest BCUT2D eigenvalue weighted by atomic mass is 16.5. The molecule has 3 nitrogen and oxygen atoms in total. The molecule has 16 heavy (non-hydrogen) atoms. The van der Waals surface area contributed by atoms with Crippen molar-refractivity contribution in [3.05, 3.63) is 12.2 Å². The minimum atomic E-state index is -0.245. The molecule has 0 N–H and O–H groups in total. The van der Waals surface area contributed by atoms with Crippen LogP contribution in [-0.2, 0) is 14.3 Å². The van der Waals surface area contributed by atoms with E-state index in [4.69, 9.17) is 0 Å². The predicted octanol–water partition coefficient (Wildman–Crippen LogP) is 2.89. The first-order valence-corrected chi connectivity index (χ1v) is 5.85. The van der Waals surface area contributed by atoms with Gasteiger partial charge in [0.2, 0.25) is 0 Å². The van der Waals surface area contributed by atoms with Gasteiger partial charge in [-0.05, 0) is 19.3 Å². The Hall–Kier alpha value is -1.12. The molecule has 1 aliphatic carbocycles. The first-order valence-electron chi connectivity index (χ1n) is 5.85. The fourth-order valence-electron chi connectivity index (χ4n) is 1.47. The molecule has 0 saturated heterocycles. The largest absolute Gasteiger partial charge is 0.469 e. The maximum absolute atomic E-state index is 11.1. The van der Waals surface area contributed by atoms with Gasteiger partial charge >= 0.3 is 5.97 Å². The smallest absolute Gasteiger partial charge is 0.302 e. The van der Waals surface area contributed by atoms with Gasteiger partial charge < -0.3 is 4.74 Å². The van der Waals surface area contributed by atoms with E-state index < -0.39 is 0 Å². The number of rotatable bonds is 3. The SMILES string of the molecule is CCCC=CC1CCCC1=O.COC(C)=O. The zero-order valence-corrected chi connectivity index (χ0v) is 10.5. The quantitative estimate of drug-likeness (QED) is 0.549. The number of carbonyl (C=O) groups is 2. The molecule has 0 aromatic rings. The van der Waals surface area contributed by atoms with Gasteiger partial charge in [-0.1, -0.05) is 25.5 Å². The van der Waals surface area contributed by atoms with Crippen molar-refractivity contribution in [1.29, 1.82) is 0 Å². The van der Waals surface area contributed by atoms with Gasteiger partial charge in [-0.15, -0.1) is 0 Å². The maximum atomic E-state index is 11.1. The third-order valence-electron chi connectivity index (χ3n) is 2.46. The van der Waals surface area contributed by atoms with E-state index >= 15 is 0 Å². The Kier molecular flexibility index (Phi) is 8.49. The lowest BCUT2D eigenvalue weighted by Crippen LogP contribution is -2.01. The molecule has 3 heteroatoms. The molecule has 92 valence electrons. The second kappa shape index (κ2) is 9.13. The summed E-state index contributed by atoms with van der Waals surface area (Å²) in [6, 6.07) is 0. The van der Waals surface area contributed by atoms with Crippen LogP contribution in [0.2, 0.25) is 0 Å². The zero-order valence-electron chi connectivity index (χ0n) is 10.5. The average molecular weight is 226 g/mol. The molecule has 0 radical (unpaired) electrons. The zero-order chi connectivity index (χ0) is 12.4. The van der Waals surface area contributed by atoms with Gasteiger partial charge in [0.25, 0.3) is 0 Å². The number of methoxy groups -OCH3 is 1. The molecule has 1 fully saturated rings. The number of hydrogen-bond donors (Lipinski definition) is 0. The van der Waals surface area contributed by atoms with Crippen molar-refractivity contribution in [1.82, 2.24) is 0 Å². The summed E-state index contributed by atoms with van der Waals surface area (Å²) in [5.74, 6) is 0.462. The predicted molar refractivity (Wildman–Crippen MR) is 64.1 cm³/mol. The molecular formula is C13H22O3. The van der Waals surface area contributed by atoms with Gasteiger partial charge in [-0.25, -0.2) is 0 Å². The number of hydrogen-bond acceptors (Lipinski definition) is 3. The Morgan fingerprint density at radius 1 is 1.56 bits per heavy atom. The fraction of sp³-hybridized carbons (Fsp3) is 0.692. The number of esters is 1. The summed E-state index contributed by atoms with van der Waals surface area (Å²) in [5.41, 5.74) is 0. The highest BCUT2D eigenvalue weighted by Crippen LogP contribution is 2.22. The first kappa shape index (κ1) is 14.9. The van der Waals surface area contributed by atoms with Gasteiger partial charge in [-0.2, -0.15) is 0 Å². The molecule has 1 rings (SSSR count). The normalized spacial score (nSPS) is 19.4. The molecule has 0 bridgehead atoms. The summed E-state index contributed by atoms with van der Waals surface area (Å²) in [5, 5.41) is 0. The minimum absolute atomic E-state index is 0.245. The molecule has 0 aliphatic heterocycles. The number of allylic oxidation sites excluding steroid dienone is 2. The number of unbranched alkanes of at least 4 members (excludes halogenated alkanes) is 1. The third-order valence-corrected chi connectivity index (χ3v) is 2.46. The van der Waals surface area contributed by atoms with E-state index in [2.05, 4.69) is 23.8 Å². The van der Waals surface area contributed by atoms with Crippen LogP contribution in [0.15, 0.2) is 12.2 Å². The lowest BCUT2D eigenvalue weighted by molar-refractivity contribution is -0.137. The van der Waals surface area contributed by atoms with Crippen LogP contribution in [0.1, 0.15) is 46.0 Å². The van der Waals surface area contributed by atoms with Crippen LogP contribution >= 0.6 is 0 Å². The second-order valence-corrected chi connectivity index (χ2v) is 3.88. The van der Waals surface area contributed by atoms with E-state index in [0.29, 0.717) is 5.78 Å². The second-order valence-electron chi connectivity index (χ2n) is 3.88. The third kappa shape index (κ3) is 7.21. The number of ketones is 1. The Morgan fingerprint density at radius 2 is 2.19 bits per heavy atom. The van der Waals surface area contributed by atoms with E-state index in [1.54, 1.807) is 0 Å². The Morgan fingerprint density at radius 3 is 2.56 bits per heavy atom. The van der Waals surface area contributed by atoms with E-state index in [1.807, 2.05) is 0 Å². The highest BCUT2D eigenvalue weighted by Gasteiger charge is 2.20.